The minimum atomic E-state index is -4.54. The van der Waals surface area contributed by atoms with Gasteiger partial charge in [-0.1, -0.05) is 6.92 Å². The van der Waals surface area contributed by atoms with Gasteiger partial charge in [-0.15, -0.1) is 0 Å². The topological polar surface area (TPSA) is 64.1 Å². The number of benzene rings is 1. The molecule has 1 aromatic heterocycles. The molecule has 0 amide bonds. The maximum absolute atomic E-state index is 13.0. The van der Waals surface area contributed by atoms with Crippen LogP contribution in [0.3, 0.4) is 0 Å². The molecule has 0 aliphatic carbocycles. The number of aliphatic hydroxyl groups is 1. The molecule has 0 spiro atoms. The van der Waals surface area contributed by atoms with Crippen LogP contribution in [-0.4, -0.2) is 20.8 Å². The van der Waals surface area contributed by atoms with E-state index in [4.69, 9.17) is 5.73 Å². The van der Waals surface area contributed by atoms with Crippen molar-refractivity contribution in [2.75, 3.05) is 5.73 Å². The summed E-state index contributed by atoms with van der Waals surface area (Å²) in [6.07, 6.45) is -4.41. The summed E-state index contributed by atoms with van der Waals surface area (Å²) in [5, 5.41) is 9.53. The number of alkyl halides is 3. The van der Waals surface area contributed by atoms with Crippen LogP contribution in [0.4, 0.5) is 18.9 Å². The SMILES string of the molecule is CCC(O)CCn1c(C(F)(F)F)nc2cc(N)ccc21. The Morgan fingerprint density at radius 1 is 1.40 bits per heavy atom. The highest BCUT2D eigenvalue weighted by Gasteiger charge is 2.37. The van der Waals surface area contributed by atoms with Crippen molar-refractivity contribution in [1.29, 1.82) is 0 Å². The van der Waals surface area contributed by atoms with Gasteiger partial charge in [0.15, 0.2) is 0 Å². The predicted octanol–water partition coefficient (Wildman–Crippen LogP) is 2.80. The predicted molar refractivity (Wildman–Crippen MR) is 70.1 cm³/mol. The summed E-state index contributed by atoms with van der Waals surface area (Å²) in [5.74, 6) is -0.957. The van der Waals surface area contributed by atoms with Gasteiger partial charge in [0.2, 0.25) is 5.82 Å². The number of aromatic nitrogens is 2. The van der Waals surface area contributed by atoms with Crippen LogP contribution < -0.4 is 5.73 Å². The quantitative estimate of drug-likeness (QED) is 0.850. The molecule has 0 aliphatic rings. The Bertz CT molecular complexity index is 607. The summed E-state index contributed by atoms with van der Waals surface area (Å²) in [4.78, 5) is 3.62. The highest BCUT2D eigenvalue weighted by Crippen LogP contribution is 2.32. The molecule has 0 fully saturated rings. The maximum Gasteiger partial charge on any atom is 0.449 e. The Morgan fingerprint density at radius 3 is 2.70 bits per heavy atom. The van der Waals surface area contributed by atoms with Gasteiger partial charge in [-0.25, -0.2) is 4.98 Å². The smallest absolute Gasteiger partial charge is 0.399 e. The number of anilines is 1. The number of aliphatic hydroxyl groups excluding tert-OH is 1. The number of nitrogens with two attached hydrogens (primary N) is 1. The molecule has 3 N–H and O–H groups in total. The lowest BCUT2D eigenvalue weighted by Crippen LogP contribution is -2.17. The molecular weight excluding hydrogens is 271 g/mol. The summed E-state index contributed by atoms with van der Waals surface area (Å²) in [5.41, 5.74) is 6.51. The van der Waals surface area contributed by atoms with E-state index in [1.165, 1.54) is 18.2 Å². The van der Waals surface area contributed by atoms with Gasteiger partial charge in [0.1, 0.15) is 0 Å². The van der Waals surface area contributed by atoms with E-state index in [-0.39, 0.29) is 18.5 Å². The summed E-state index contributed by atoms with van der Waals surface area (Å²) in [7, 11) is 0. The maximum atomic E-state index is 13.0. The fourth-order valence-electron chi connectivity index (χ4n) is 2.07. The molecule has 1 aromatic carbocycles. The second kappa shape index (κ2) is 5.32. The summed E-state index contributed by atoms with van der Waals surface area (Å²) >= 11 is 0. The molecule has 1 unspecified atom stereocenters. The van der Waals surface area contributed by atoms with Crippen molar-refractivity contribution in [3.8, 4) is 0 Å². The number of halogens is 3. The van der Waals surface area contributed by atoms with Crippen LogP contribution in [0.5, 0.6) is 0 Å². The number of nitrogens with zero attached hydrogens (tertiary/aromatic N) is 2. The molecule has 1 atom stereocenters. The third kappa shape index (κ3) is 2.87. The summed E-state index contributed by atoms with van der Waals surface area (Å²) in [6, 6.07) is 4.47. The Morgan fingerprint density at radius 2 is 2.10 bits per heavy atom. The van der Waals surface area contributed by atoms with Crippen molar-refractivity contribution in [3.63, 3.8) is 0 Å². The number of rotatable bonds is 4. The fourth-order valence-corrected chi connectivity index (χ4v) is 2.07. The Balaban J connectivity index is 2.47. The normalized spacial score (nSPS) is 13.8. The van der Waals surface area contributed by atoms with Gasteiger partial charge in [-0.2, -0.15) is 13.2 Å². The molecule has 0 bridgehead atoms. The number of imidazole rings is 1. The average Bonchev–Trinajstić information content (AvgIpc) is 2.73. The van der Waals surface area contributed by atoms with Crippen molar-refractivity contribution in [2.45, 2.75) is 38.6 Å². The fraction of sp³-hybridized carbons (Fsp3) is 0.462. The molecule has 4 nitrogen and oxygen atoms in total. The third-order valence-electron chi connectivity index (χ3n) is 3.18. The van der Waals surface area contributed by atoms with Crippen LogP contribution in [0.25, 0.3) is 11.0 Å². The second-order valence-electron chi connectivity index (χ2n) is 4.68. The van der Waals surface area contributed by atoms with Gasteiger partial charge in [0.25, 0.3) is 0 Å². The Kier molecular flexibility index (Phi) is 3.89. The van der Waals surface area contributed by atoms with Gasteiger partial charge in [-0.05, 0) is 31.0 Å². The zero-order valence-corrected chi connectivity index (χ0v) is 11.0. The number of hydrogen-bond acceptors (Lipinski definition) is 3. The molecular formula is C13H16F3N3O. The monoisotopic (exact) mass is 287 g/mol. The highest BCUT2D eigenvalue weighted by atomic mass is 19.4. The molecule has 20 heavy (non-hydrogen) atoms. The van der Waals surface area contributed by atoms with Crippen LogP contribution >= 0.6 is 0 Å². The van der Waals surface area contributed by atoms with E-state index in [0.717, 1.165) is 4.57 Å². The van der Waals surface area contributed by atoms with Crippen LogP contribution in [-0.2, 0) is 12.7 Å². The molecule has 2 aromatic rings. The van der Waals surface area contributed by atoms with E-state index < -0.39 is 18.1 Å². The first-order valence-corrected chi connectivity index (χ1v) is 6.34. The highest BCUT2D eigenvalue weighted by molar-refractivity contribution is 5.79. The molecule has 0 aliphatic heterocycles. The largest absolute Gasteiger partial charge is 0.449 e. The van der Waals surface area contributed by atoms with Crippen molar-refractivity contribution >= 4 is 16.7 Å². The van der Waals surface area contributed by atoms with Crippen LogP contribution in [0.15, 0.2) is 18.2 Å². The van der Waals surface area contributed by atoms with Crippen molar-refractivity contribution < 1.29 is 18.3 Å². The standard InChI is InChI=1S/C13H16F3N3O/c1-2-9(20)5-6-19-11-4-3-8(17)7-10(11)18-12(19)13(14,15)16/h3-4,7,9,20H,2,5-6,17H2,1H3. The summed E-state index contributed by atoms with van der Waals surface area (Å²) in [6.45, 7) is 1.84. The molecule has 1 heterocycles. The van der Waals surface area contributed by atoms with E-state index in [1.807, 2.05) is 0 Å². The van der Waals surface area contributed by atoms with E-state index in [1.54, 1.807) is 6.92 Å². The molecule has 0 saturated heterocycles. The van der Waals surface area contributed by atoms with Crippen LogP contribution in [0, 0.1) is 0 Å². The Hall–Kier alpha value is -1.76. The van der Waals surface area contributed by atoms with Gasteiger partial charge in [-0.3, -0.25) is 0 Å². The van der Waals surface area contributed by atoms with E-state index >= 15 is 0 Å². The minimum Gasteiger partial charge on any atom is -0.399 e. The lowest BCUT2D eigenvalue weighted by atomic mass is 10.2. The van der Waals surface area contributed by atoms with Crippen molar-refractivity contribution in [2.24, 2.45) is 0 Å². The van der Waals surface area contributed by atoms with Crippen molar-refractivity contribution in [1.82, 2.24) is 9.55 Å². The molecule has 0 radical (unpaired) electrons. The van der Waals surface area contributed by atoms with E-state index in [0.29, 0.717) is 17.6 Å². The first-order chi connectivity index (χ1) is 9.32. The average molecular weight is 287 g/mol. The molecule has 0 saturated carbocycles. The number of hydrogen-bond donors (Lipinski definition) is 2. The zero-order chi connectivity index (χ0) is 14.9. The van der Waals surface area contributed by atoms with Crippen LogP contribution in [0.2, 0.25) is 0 Å². The van der Waals surface area contributed by atoms with Crippen LogP contribution in [0.1, 0.15) is 25.6 Å². The minimum absolute atomic E-state index is 0.0598. The second-order valence-corrected chi connectivity index (χ2v) is 4.68. The lowest BCUT2D eigenvalue weighted by Gasteiger charge is -2.13. The zero-order valence-electron chi connectivity index (χ0n) is 11.0. The van der Waals surface area contributed by atoms with E-state index in [9.17, 15) is 18.3 Å². The lowest BCUT2D eigenvalue weighted by molar-refractivity contribution is -0.147. The molecule has 7 heteroatoms. The third-order valence-corrected chi connectivity index (χ3v) is 3.18. The Labute approximate surface area is 114 Å². The van der Waals surface area contributed by atoms with Gasteiger partial charge in [0, 0.05) is 12.2 Å². The number of fused-ring (bicyclic) bond motifs is 1. The van der Waals surface area contributed by atoms with Gasteiger partial charge >= 0.3 is 6.18 Å². The summed E-state index contributed by atoms with van der Waals surface area (Å²) < 4.78 is 40.1. The van der Waals surface area contributed by atoms with Gasteiger partial charge < -0.3 is 15.4 Å². The number of aryl methyl sites for hydroxylation is 1. The number of nitrogen functional groups attached to an aromatic ring is 1. The first kappa shape index (κ1) is 14.6. The van der Waals surface area contributed by atoms with Gasteiger partial charge in [0.05, 0.1) is 17.1 Å². The van der Waals surface area contributed by atoms with Crippen molar-refractivity contribution in [3.05, 3.63) is 24.0 Å². The molecule has 110 valence electrons. The molecule has 2 rings (SSSR count). The van der Waals surface area contributed by atoms with E-state index in [2.05, 4.69) is 4.98 Å². The first-order valence-electron chi connectivity index (χ1n) is 6.34.